The molecule has 7 rings (SSSR count). The number of fused-ring (bicyclic) bond motifs is 2. The fraction of sp³-hybridized carbons (Fsp3) is 0.472. The number of para-hydroxylation sites is 4. The highest BCUT2D eigenvalue weighted by Gasteiger charge is 2.44. The third kappa shape index (κ3) is 5.80. The molecule has 1 N–H and O–H groups in total. The lowest BCUT2D eigenvalue weighted by molar-refractivity contribution is -0.145. The van der Waals surface area contributed by atoms with Gasteiger partial charge in [-0.2, -0.15) is 0 Å². The van der Waals surface area contributed by atoms with Gasteiger partial charge >= 0.3 is 0 Å². The zero-order valence-electron chi connectivity index (χ0n) is 26.2. The lowest BCUT2D eigenvalue weighted by atomic mass is 9.71. The van der Waals surface area contributed by atoms with Crippen molar-refractivity contribution in [3.63, 3.8) is 0 Å². The first-order chi connectivity index (χ1) is 21.8. The molecular formula is C36H42N4O5. The monoisotopic (exact) mass is 610 g/mol. The van der Waals surface area contributed by atoms with Crippen molar-refractivity contribution in [2.24, 2.45) is 11.3 Å². The molecule has 3 unspecified atom stereocenters. The summed E-state index contributed by atoms with van der Waals surface area (Å²) in [6.45, 7) is 6.41. The molecule has 0 bridgehead atoms. The summed E-state index contributed by atoms with van der Waals surface area (Å²) in [5.74, 6) is 1.51. The summed E-state index contributed by atoms with van der Waals surface area (Å²) in [5.41, 5.74) is 3.61. The lowest BCUT2D eigenvalue weighted by Crippen LogP contribution is -2.57. The molecule has 236 valence electrons. The fourth-order valence-electron chi connectivity index (χ4n) is 7.63. The number of Topliss-reactive ketones (excluding diaryl/α,β-unsaturated/α-hetero) is 1. The molecule has 0 saturated carbocycles. The Kier molecular flexibility index (Phi) is 7.79. The Morgan fingerprint density at radius 2 is 1.67 bits per heavy atom. The Hall–Kier alpha value is -4.27. The van der Waals surface area contributed by atoms with Gasteiger partial charge in [0.05, 0.1) is 24.0 Å². The average Bonchev–Trinajstić information content (AvgIpc) is 3.18. The quantitative estimate of drug-likeness (QED) is 0.498. The van der Waals surface area contributed by atoms with Crippen molar-refractivity contribution in [3.8, 4) is 11.5 Å². The molecule has 3 heterocycles. The maximum atomic E-state index is 14.1. The van der Waals surface area contributed by atoms with Crippen LogP contribution in [0.4, 0.5) is 11.4 Å². The predicted octanol–water partition coefficient (Wildman–Crippen LogP) is 4.80. The second-order valence-electron chi connectivity index (χ2n) is 13.7. The standard InChI is InChI=1S/C36H42N4O5/c1-36(2)20-26-33(28(41)21-36)34(24-10-4-3-5-11-24)40(27-13-7-6-12-25(27)37-26)22-32(42)38-16-18-39(19-17-38)35(43)31-23-44-29-14-8-9-15-30(29)45-31/h3-4,6-9,12-15,24,31,34,37H,5,10-11,16-23H2,1-2H3. The molecule has 0 radical (unpaired) electrons. The molecule has 2 aromatic rings. The number of amides is 2. The SMILES string of the molecule is CC1(C)CC(=O)C2=C(C1)Nc1ccccc1N(CC(=O)N1CCN(C(=O)C3COc4ccccc4O3)CC1)C2C1CC=CCC1. The highest BCUT2D eigenvalue weighted by atomic mass is 16.6. The zero-order chi connectivity index (χ0) is 31.1. The summed E-state index contributed by atoms with van der Waals surface area (Å²) >= 11 is 0. The van der Waals surface area contributed by atoms with E-state index in [0.29, 0.717) is 44.1 Å². The number of anilines is 2. The number of hydrogen-bond acceptors (Lipinski definition) is 7. The van der Waals surface area contributed by atoms with Gasteiger partial charge in [0.25, 0.3) is 5.91 Å². The minimum absolute atomic E-state index is 0.00655. The van der Waals surface area contributed by atoms with Crippen LogP contribution in [-0.4, -0.2) is 78.9 Å². The molecule has 9 nitrogen and oxygen atoms in total. The zero-order valence-corrected chi connectivity index (χ0v) is 26.2. The van der Waals surface area contributed by atoms with Crippen molar-refractivity contribution < 1.29 is 23.9 Å². The van der Waals surface area contributed by atoms with E-state index in [9.17, 15) is 14.4 Å². The van der Waals surface area contributed by atoms with Gasteiger partial charge in [-0.3, -0.25) is 14.4 Å². The second-order valence-corrected chi connectivity index (χ2v) is 13.7. The number of benzene rings is 2. The molecule has 45 heavy (non-hydrogen) atoms. The molecular weight excluding hydrogens is 568 g/mol. The van der Waals surface area contributed by atoms with E-state index in [-0.39, 0.29) is 48.1 Å². The van der Waals surface area contributed by atoms with Crippen LogP contribution in [0.3, 0.4) is 0 Å². The number of piperazine rings is 1. The topological polar surface area (TPSA) is 91.4 Å². The Balaban J connectivity index is 1.10. The third-order valence-corrected chi connectivity index (χ3v) is 9.84. The molecule has 2 amide bonds. The maximum absolute atomic E-state index is 14.1. The summed E-state index contributed by atoms with van der Waals surface area (Å²) in [6, 6.07) is 15.3. The largest absolute Gasteiger partial charge is 0.485 e. The number of carbonyl (C=O) groups excluding carboxylic acids is 3. The first-order valence-corrected chi connectivity index (χ1v) is 16.3. The first kappa shape index (κ1) is 29.4. The number of nitrogens with one attached hydrogen (secondary N) is 1. The van der Waals surface area contributed by atoms with Crippen molar-refractivity contribution in [2.75, 3.05) is 49.5 Å². The highest BCUT2D eigenvalue weighted by Crippen LogP contribution is 2.46. The van der Waals surface area contributed by atoms with Crippen LogP contribution >= 0.6 is 0 Å². The van der Waals surface area contributed by atoms with E-state index in [0.717, 1.165) is 48.3 Å². The van der Waals surface area contributed by atoms with E-state index in [1.807, 2.05) is 41.3 Å². The average molecular weight is 611 g/mol. The number of carbonyl (C=O) groups is 3. The minimum atomic E-state index is -0.700. The highest BCUT2D eigenvalue weighted by molar-refractivity contribution is 6.01. The van der Waals surface area contributed by atoms with Crippen LogP contribution in [0.15, 0.2) is 72.0 Å². The summed E-state index contributed by atoms with van der Waals surface area (Å²) in [4.78, 5) is 47.2. The number of ketones is 1. The van der Waals surface area contributed by atoms with Crippen molar-refractivity contribution in [1.29, 1.82) is 0 Å². The van der Waals surface area contributed by atoms with E-state index in [2.05, 4.69) is 42.3 Å². The first-order valence-electron chi connectivity index (χ1n) is 16.3. The normalized spacial score (nSPS) is 25.6. The summed E-state index contributed by atoms with van der Waals surface area (Å²) < 4.78 is 11.7. The molecule has 5 aliphatic rings. The molecule has 0 spiro atoms. The number of nitrogens with zero attached hydrogens (tertiary/aromatic N) is 3. The van der Waals surface area contributed by atoms with Gasteiger partial charge in [0, 0.05) is 43.9 Å². The smallest absolute Gasteiger partial charge is 0.267 e. The van der Waals surface area contributed by atoms with Crippen LogP contribution in [0.1, 0.15) is 46.0 Å². The Morgan fingerprint density at radius 3 is 2.44 bits per heavy atom. The predicted molar refractivity (Wildman–Crippen MR) is 172 cm³/mol. The Morgan fingerprint density at radius 1 is 0.933 bits per heavy atom. The van der Waals surface area contributed by atoms with E-state index in [1.165, 1.54) is 0 Å². The van der Waals surface area contributed by atoms with Gasteiger partial charge in [-0.25, -0.2) is 0 Å². The van der Waals surface area contributed by atoms with Crippen molar-refractivity contribution in [2.45, 2.75) is 58.1 Å². The number of rotatable bonds is 4. The summed E-state index contributed by atoms with van der Waals surface area (Å²) in [7, 11) is 0. The molecule has 3 aliphatic heterocycles. The fourth-order valence-corrected chi connectivity index (χ4v) is 7.63. The number of ether oxygens (including phenoxy) is 2. The summed E-state index contributed by atoms with van der Waals surface area (Å²) in [6.07, 6.45) is 7.86. The van der Waals surface area contributed by atoms with Gasteiger partial charge in [-0.15, -0.1) is 0 Å². The van der Waals surface area contributed by atoms with Gasteiger partial charge in [0.15, 0.2) is 17.3 Å². The van der Waals surface area contributed by atoms with Crippen molar-refractivity contribution in [1.82, 2.24) is 9.80 Å². The maximum Gasteiger partial charge on any atom is 0.267 e. The van der Waals surface area contributed by atoms with Gasteiger partial charge in [0.1, 0.15) is 6.61 Å². The second kappa shape index (κ2) is 11.9. The molecule has 2 aromatic carbocycles. The third-order valence-electron chi connectivity index (χ3n) is 9.84. The van der Waals surface area contributed by atoms with Gasteiger partial charge in [0.2, 0.25) is 12.0 Å². The molecule has 1 fully saturated rings. The van der Waals surface area contributed by atoms with Crippen LogP contribution in [0.5, 0.6) is 11.5 Å². The molecule has 1 saturated heterocycles. The van der Waals surface area contributed by atoms with Crippen LogP contribution < -0.4 is 19.7 Å². The molecule has 0 aromatic heterocycles. The minimum Gasteiger partial charge on any atom is -0.485 e. The Labute approximate surface area is 264 Å². The van der Waals surface area contributed by atoms with Crippen LogP contribution in [0.25, 0.3) is 0 Å². The molecule has 9 heteroatoms. The van der Waals surface area contributed by atoms with E-state index >= 15 is 0 Å². The van der Waals surface area contributed by atoms with E-state index < -0.39 is 6.10 Å². The van der Waals surface area contributed by atoms with E-state index in [4.69, 9.17) is 9.47 Å². The van der Waals surface area contributed by atoms with Crippen molar-refractivity contribution in [3.05, 3.63) is 72.0 Å². The number of allylic oxidation sites excluding steroid dienone is 3. The lowest BCUT2D eigenvalue weighted by Gasteiger charge is -2.43. The number of hydrogen-bond donors (Lipinski definition) is 1. The van der Waals surface area contributed by atoms with Gasteiger partial charge in [-0.1, -0.05) is 50.3 Å². The van der Waals surface area contributed by atoms with Crippen molar-refractivity contribution >= 4 is 29.0 Å². The molecule has 2 aliphatic carbocycles. The van der Waals surface area contributed by atoms with Gasteiger partial charge in [-0.05, 0) is 61.3 Å². The van der Waals surface area contributed by atoms with Crippen LogP contribution in [0, 0.1) is 11.3 Å². The van der Waals surface area contributed by atoms with Gasteiger partial charge < -0.3 is 29.5 Å². The summed E-state index contributed by atoms with van der Waals surface area (Å²) in [5, 5.41) is 3.66. The molecule has 3 atom stereocenters. The Bertz CT molecular complexity index is 1560. The van der Waals surface area contributed by atoms with Crippen LogP contribution in [0.2, 0.25) is 0 Å². The van der Waals surface area contributed by atoms with E-state index in [1.54, 1.807) is 11.0 Å². The van der Waals surface area contributed by atoms with Crippen LogP contribution in [-0.2, 0) is 14.4 Å².